The third-order valence-corrected chi connectivity index (χ3v) is 6.65. The highest BCUT2D eigenvalue weighted by atomic mass is 35.5. The van der Waals surface area contributed by atoms with E-state index in [1.54, 1.807) is 35.0 Å². The summed E-state index contributed by atoms with van der Waals surface area (Å²) in [5.74, 6) is 0.373. The van der Waals surface area contributed by atoms with Gasteiger partial charge in [-0.05, 0) is 49.6 Å². The summed E-state index contributed by atoms with van der Waals surface area (Å²) in [5, 5.41) is 7.85. The van der Waals surface area contributed by atoms with Gasteiger partial charge in [-0.25, -0.2) is 8.42 Å². The molecule has 1 N–H and O–H groups in total. The van der Waals surface area contributed by atoms with Gasteiger partial charge < -0.3 is 5.32 Å². The highest BCUT2D eigenvalue weighted by Gasteiger charge is 2.36. The topological polar surface area (TPSA) is 81.1 Å². The Morgan fingerprint density at radius 3 is 2.52 bits per heavy atom. The number of carbonyl (C=O) groups is 1. The van der Waals surface area contributed by atoms with Crippen LogP contribution in [0.25, 0.3) is 0 Å². The van der Waals surface area contributed by atoms with Crippen molar-refractivity contribution >= 4 is 33.0 Å². The molecule has 6 nitrogen and oxygen atoms in total. The summed E-state index contributed by atoms with van der Waals surface area (Å²) in [6, 6.07) is 8.49. The predicted octanol–water partition coefficient (Wildman–Crippen LogP) is 3.03. The van der Waals surface area contributed by atoms with E-state index in [1.807, 2.05) is 0 Å². The maximum absolute atomic E-state index is 12.5. The van der Waals surface area contributed by atoms with Gasteiger partial charge in [-0.3, -0.25) is 9.48 Å². The van der Waals surface area contributed by atoms with Crippen molar-refractivity contribution in [2.24, 2.45) is 0 Å². The van der Waals surface area contributed by atoms with Crippen LogP contribution in [-0.4, -0.2) is 35.6 Å². The average molecular weight is 380 g/mol. The van der Waals surface area contributed by atoms with Crippen LogP contribution in [-0.2, 0) is 9.84 Å². The fourth-order valence-corrected chi connectivity index (χ4v) is 5.01. The molecule has 1 aromatic heterocycles. The highest BCUT2D eigenvalue weighted by Crippen LogP contribution is 2.42. The molecule has 0 bridgehead atoms. The molecule has 1 aliphatic heterocycles. The molecule has 8 heteroatoms. The lowest BCUT2D eigenvalue weighted by Gasteiger charge is -2.12. The lowest BCUT2D eigenvalue weighted by atomic mass is 10.2. The van der Waals surface area contributed by atoms with E-state index in [0.717, 1.165) is 18.5 Å². The van der Waals surface area contributed by atoms with Gasteiger partial charge in [0.25, 0.3) is 5.91 Å². The molecular weight excluding hydrogens is 362 g/mol. The van der Waals surface area contributed by atoms with Crippen LogP contribution in [0.3, 0.4) is 0 Å². The van der Waals surface area contributed by atoms with E-state index < -0.39 is 9.84 Å². The first-order valence-corrected chi connectivity index (χ1v) is 10.5. The van der Waals surface area contributed by atoms with E-state index in [4.69, 9.17) is 11.6 Å². The van der Waals surface area contributed by atoms with Crippen LogP contribution in [0.4, 0.5) is 5.69 Å². The first-order chi connectivity index (χ1) is 11.9. The van der Waals surface area contributed by atoms with Crippen molar-refractivity contribution in [3.8, 4) is 0 Å². The third-order valence-electron chi connectivity index (χ3n) is 4.65. The molecule has 2 aliphatic rings. The first-order valence-electron chi connectivity index (χ1n) is 8.28. The van der Waals surface area contributed by atoms with Crippen molar-refractivity contribution < 1.29 is 13.2 Å². The second-order valence-electron chi connectivity index (χ2n) is 6.69. The molecule has 25 heavy (non-hydrogen) atoms. The molecule has 1 aromatic carbocycles. The van der Waals surface area contributed by atoms with Gasteiger partial charge >= 0.3 is 0 Å². The normalized spacial score (nSPS) is 22.0. The summed E-state index contributed by atoms with van der Waals surface area (Å²) >= 11 is 5.85. The summed E-state index contributed by atoms with van der Waals surface area (Å²) in [5.41, 5.74) is 1.94. The number of nitrogens with zero attached hydrogens (tertiary/aromatic N) is 2. The number of sulfone groups is 1. The molecule has 2 heterocycles. The number of hydrogen-bond donors (Lipinski definition) is 1. The Morgan fingerprint density at radius 1 is 1.20 bits per heavy atom. The summed E-state index contributed by atoms with van der Waals surface area (Å²) < 4.78 is 25.4. The zero-order valence-corrected chi connectivity index (χ0v) is 15.1. The summed E-state index contributed by atoms with van der Waals surface area (Å²) in [7, 11) is -3.00. The number of nitrogens with one attached hydrogen (secondary N) is 1. The smallest absolute Gasteiger partial charge is 0.276 e. The Kier molecular flexibility index (Phi) is 4.08. The monoisotopic (exact) mass is 379 g/mol. The Morgan fingerprint density at radius 2 is 1.92 bits per heavy atom. The number of amides is 1. The largest absolute Gasteiger partial charge is 0.321 e. The quantitative estimate of drug-likeness (QED) is 0.885. The van der Waals surface area contributed by atoms with Gasteiger partial charge in [-0.15, -0.1) is 0 Å². The second kappa shape index (κ2) is 6.14. The van der Waals surface area contributed by atoms with Crippen molar-refractivity contribution in [1.29, 1.82) is 0 Å². The molecule has 1 amide bonds. The zero-order chi connectivity index (χ0) is 17.6. The molecule has 132 valence electrons. The van der Waals surface area contributed by atoms with Gasteiger partial charge in [0.2, 0.25) is 0 Å². The highest BCUT2D eigenvalue weighted by molar-refractivity contribution is 7.91. The molecule has 1 unspecified atom stereocenters. The van der Waals surface area contributed by atoms with Gasteiger partial charge in [0.05, 0.1) is 17.5 Å². The van der Waals surface area contributed by atoms with Crippen LogP contribution >= 0.6 is 11.6 Å². The Hall–Kier alpha value is -1.86. The van der Waals surface area contributed by atoms with Gasteiger partial charge in [0.1, 0.15) is 0 Å². The molecule has 1 aliphatic carbocycles. The molecule has 1 saturated heterocycles. The molecule has 2 fully saturated rings. The number of benzene rings is 1. The first kappa shape index (κ1) is 16.6. The number of rotatable bonds is 4. The molecule has 0 spiro atoms. The molecule has 1 saturated carbocycles. The van der Waals surface area contributed by atoms with Crippen molar-refractivity contribution in [2.45, 2.75) is 31.2 Å². The zero-order valence-electron chi connectivity index (χ0n) is 13.5. The maximum atomic E-state index is 12.5. The lowest BCUT2D eigenvalue weighted by Crippen LogP contribution is -2.17. The minimum absolute atomic E-state index is 0.104. The van der Waals surface area contributed by atoms with E-state index in [0.29, 0.717) is 28.7 Å². The van der Waals surface area contributed by atoms with Crippen LogP contribution < -0.4 is 5.32 Å². The van der Waals surface area contributed by atoms with Crippen molar-refractivity contribution in [3.63, 3.8) is 0 Å². The van der Waals surface area contributed by atoms with Crippen molar-refractivity contribution in [3.05, 3.63) is 46.7 Å². The van der Waals surface area contributed by atoms with Gasteiger partial charge in [0, 0.05) is 22.3 Å². The van der Waals surface area contributed by atoms with E-state index in [1.165, 1.54) is 0 Å². The van der Waals surface area contributed by atoms with Crippen LogP contribution in [0.2, 0.25) is 5.02 Å². The minimum Gasteiger partial charge on any atom is -0.321 e. The van der Waals surface area contributed by atoms with Crippen LogP contribution in [0.15, 0.2) is 30.3 Å². The number of hydrogen-bond acceptors (Lipinski definition) is 4. The molecule has 4 rings (SSSR count). The fourth-order valence-electron chi connectivity index (χ4n) is 3.19. The molecule has 2 aromatic rings. The van der Waals surface area contributed by atoms with Crippen LogP contribution in [0.1, 0.15) is 47.4 Å². The van der Waals surface area contributed by atoms with Crippen molar-refractivity contribution in [2.75, 3.05) is 16.8 Å². The number of halogens is 1. The Balaban J connectivity index is 1.59. The average Bonchev–Trinajstić information content (AvgIpc) is 3.21. The van der Waals surface area contributed by atoms with Crippen LogP contribution in [0.5, 0.6) is 0 Å². The van der Waals surface area contributed by atoms with E-state index >= 15 is 0 Å². The SMILES string of the molecule is O=C(Nc1ccc(Cl)cc1)c1cc(C2CC2)n(C2CCS(=O)(=O)C2)n1. The van der Waals surface area contributed by atoms with E-state index in [9.17, 15) is 13.2 Å². The number of carbonyl (C=O) groups excluding carboxylic acids is 1. The number of anilines is 1. The summed E-state index contributed by atoms with van der Waals surface area (Å²) in [6.07, 6.45) is 2.68. The Labute approximate surface area is 151 Å². The molecular formula is C17H18ClN3O3S. The summed E-state index contributed by atoms with van der Waals surface area (Å²) in [4.78, 5) is 12.5. The van der Waals surface area contributed by atoms with E-state index in [-0.39, 0.29) is 23.5 Å². The minimum atomic E-state index is -3.00. The van der Waals surface area contributed by atoms with Gasteiger partial charge in [-0.1, -0.05) is 11.6 Å². The molecule has 0 radical (unpaired) electrons. The van der Waals surface area contributed by atoms with Crippen molar-refractivity contribution in [1.82, 2.24) is 9.78 Å². The fraction of sp³-hybridized carbons (Fsp3) is 0.412. The predicted molar refractivity (Wildman–Crippen MR) is 95.9 cm³/mol. The van der Waals surface area contributed by atoms with Gasteiger partial charge in [-0.2, -0.15) is 5.10 Å². The van der Waals surface area contributed by atoms with E-state index in [2.05, 4.69) is 10.4 Å². The lowest BCUT2D eigenvalue weighted by molar-refractivity contribution is 0.102. The van der Waals surface area contributed by atoms with Gasteiger partial charge in [0.15, 0.2) is 15.5 Å². The Bertz CT molecular complexity index is 917. The third kappa shape index (κ3) is 3.57. The standard InChI is InChI=1S/C17H18ClN3O3S/c18-12-3-5-13(6-4-12)19-17(22)15-9-16(11-1-2-11)21(20-15)14-7-8-25(23,24)10-14/h3-6,9,11,14H,1-2,7-8,10H2,(H,19,22). The maximum Gasteiger partial charge on any atom is 0.276 e. The second-order valence-corrected chi connectivity index (χ2v) is 9.36. The summed E-state index contributed by atoms with van der Waals surface area (Å²) in [6.45, 7) is 0. The molecule has 1 atom stereocenters. The van der Waals surface area contributed by atoms with Crippen LogP contribution in [0, 0.1) is 0 Å². The number of aromatic nitrogens is 2.